The van der Waals surface area contributed by atoms with E-state index in [2.05, 4.69) is 26.2 Å². The number of nitrogens with one attached hydrogen (secondary N) is 1. The number of fused-ring (bicyclic) bond motifs is 2. The Morgan fingerprint density at radius 3 is 2.67 bits per heavy atom. The van der Waals surface area contributed by atoms with Gasteiger partial charge < -0.3 is 10.4 Å². The van der Waals surface area contributed by atoms with E-state index in [1.54, 1.807) is 16.8 Å². The van der Waals surface area contributed by atoms with Gasteiger partial charge in [0.2, 0.25) is 0 Å². The van der Waals surface area contributed by atoms with Gasteiger partial charge in [0.25, 0.3) is 0 Å². The number of halogens is 1. The van der Waals surface area contributed by atoms with Crippen molar-refractivity contribution in [1.29, 1.82) is 0 Å². The van der Waals surface area contributed by atoms with Gasteiger partial charge in [-0.2, -0.15) is 0 Å². The lowest BCUT2D eigenvalue weighted by Crippen LogP contribution is -2.46. The Morgan fingerprint density at radius 1 is 1.47 bits per heavy atom. The molecule has 0 aromatic carbocycles. The molecule has 1 aromatic heterocycles. The van der Waals surface area contributed by atoms with Gasteiger partial charge in [-0.3, -0.25) is 0 Å². The Balaban J connectivity index is 1.94. The van der Waals surface area contributed by atoms with Crippen LogP contribution < -0.4 is 5.32 Å². The van der Waals surface area contributed by atoms with Gasteiger partial charge in [-0.25, -0.2) is 4.98 Å². The standard InChI is InChI=1S/C10H13BrN2OS/c11-9-8(15-5-12-9)10(14)3-6-1-2-7(4-10)13-6/h5-7,13-14H,1-4H2. The van der Waals surface area contributed by atoms with E-state index in [0.29, 0.717) is 12.1 Å². The molecular formula is C10H13BrN2OS. The summed E-state index contributed by atoms with van der Waals surface area (Å²) in [4.78, 5) is 5.16. The fraction of sp³-hybridized carbons (Fsp3) is 0.700. The van der Waals surface area contributed by atoms with Gasteiger partial charge in [0.05, 0.1) is 10.4 Å². The van der Waals surface area contributed by atoms with E-state index in [0.717, 1.165) is 22.3 Å². The Bertz CT molecular complexity index is 369. The minimum Gasteiger partial charge on any atom is -0.384 e. The third kappa shape index (κ3) is 1.65. The smallest absolute Gasteiger partial charge is 0.123 e. The Hall–Kier alpha value is 0.0300. The van der Waals surface area contributed by atoms with Crippen LogP contribution in [0.1, 0.15) is 30.6 Å². The summed E-state index contributed by atoms with van der Waals surface area (Å²) >= 11 is 4.97. The first-order valence-corrected chi connectivity index (χ1v) is 6.92. The zero-order valence-corrected chi connectivity index (χ0v) is 10.6. The van der Waals surface area contributed by atoms with E-state index in [1.807, 2.05) is 0 Å². The van der Waals surface area contributed by atoms with Crippen molar-refractivity contribution in [2.45, 2.75) is 43.4 Å². The van der Waals surface area contributed by atoms with Crippen molar-refractivity contribution in [3.63, 3.8) is 0 Å². The van der Waals surface area contributed by atoms with E-state index in [4.69, 9.17) is 0 Å². The molecule has 2 fully saturated rings. The van der Waals surface area contributed by atoms with Gasteiger partial charge >= 0.3 is 0 Å². The molecule has 3 nitrogen and oxygen atoms in total. The first-order chi connectivity index (χ1) is 7.17. The Morgan fingerprint density at radius 2 is 2.13 bits per heavy atom. The molecule has 2 aliphatic heterocycles. The zero-order chi connectivity index (χ0) is 10.5. The van der Waals surface area contributed by atoms with E-state index in [1.165, 1.54) is 12.8 Å². The number of nitrogens with zero attached hydrogens (tertiary/aromatic N) is 1. The molecule has 2 saturated heterocycles. The molecule has 3 heterocycles. The van der Waals surface area contributed by atoms with Crippen molar-refractivity contribution in [3.05, 3.63) is 15.0 Å². The van der Waals surface area contributed by atoms with Crippen molar-refractivity contribution in [1.82, 2.24) is 10.3 Å². The molecule has 2 atom stereocenters. The maximum atomic E-state index is 10.7. The number of rotatable bonds is 1. The van der Waals surface area contributed by atoms with Crippen LogP contribution in [0.2, 0.25) is 0 Å². The van der Waals surface area contributed by atoms with Gasteiger partial charge in [0, 0.05) is 12.1 Å². The summed E-state index contributed by atoms with van der Waals surface area (Å²) < 4.78 is 0.816. The molecule has 5 heteroatoms. The summed E-state index contributed by atoms with van der Waals surface area (Å²) in [6.45, 7) is 0. The predicted octanol–water partition coefficient (Wildman–Crippen LogP) is 2.01. The number of piperidine rings is 1. The minimum absolute atomic E-state index is 0.489. The highest BCUT2D eigenvalue weighted by molar-refractivity contribution is 9.10. The molecule has 2 N–H and O–H groups in total. The van der Waals surface area contributed by atoms with E-state index in [9.17, 15) is 5.11 Å². The monoisotopic (exact) mass is 288 g/mol. The Kier molecular flexibility index (Phi) is 2.39. The summed E-state index contributed by atoms with van der Waals surface area (Å²) in [6.07, 6.45) is 4.04. The lowest BCUT2D eigenvalue weighted by atomic mass is 9.86. The fourth-order valence-corrected chi connectivity index (χ4v) is 4.53. The molecule has 2 bridgehead atoms. The van der Waals surface area contributed by atoms with Crippen molar-refractivity contribution in [2.75, 3.05) is 0 Å². The zero-order valence-electron chi connectivity index (χ0n) is 8.24. The predicted molar refractivity (Wildman–Crippen MR) is 62.9 cm³/mol. The second-order valence-electron chi connectivity index (χ2n) is 4.55. The molecule has 0 aliphatic carbocycles. The van der Waals surface area contributed by atoms with Crippen molar-refractivity contribution >= 4 is 27.3 Å². The van der Waals surface area contributed by atoms with Crippen molar-refractivity contribution in [3.8, 4) is 0 Å². The third-order valence-corrected chi connectivity index (χ3v) is 5.33. The number of aliphatic hydroxyl groups is 1. The molecule has 2 aliphatic rings. The minimum atomic E-state index is -0.656. The molecule has 0 amide bonds. The molecule has 0 saturated carbocycles. The van der Waals surface area contributed by atoms with Crippen LogP contribution in [0, 0.1) is 0 Å². The van der Waals surface area contributed by atoms with Crippen LogP contribution in [0.5, 0.6) is 0 Å². The van der Waals surface area contributed by atoms with Crippen LogP contribution in [0.25, 0.3) is 0 Å². The van der Waals surface area contributed by atoms with Crippen LogP contribution in [0.4, 0.5) is 0 Å². The van der Waals surface area contributed by atoms with Crippen molar-refractivity contribution in [2.24, 2.45) is 0 Å². The largest absolute Gasteiger partial charge is 0.384 e. The highest BCUT2D eigenvalue weighted by atomic mass is 79.9. The van der Waals surface area contributed by atoms with Gasteiger partial charge in [0.1, 0.15) is 10.2 Å². The maximum Gasteiger partial charge on any atom is 0.123 e. The summed E-state index contributed by atoms with van der Waals surface area (Å²) in [5.74, 6) is 0. The third-order valence-electron chi connectivity index (χ3n) is 3.45. The average molecular weight is 289 g/mol. The summed E-state index contributed by atoms with van der Waals surface area (Å²) in [5, 5.41) is 14.2. The first kappa shape index (κ1) is 10.2. The number of aromatic nitrogens is 1. The Labute approximate surface area is 101 Å². The summed E-state index contributed by atoms with van der Waals surface area (Å²) in [7, 11) is 0. The topological polar surface area (TPSA) is 45.2 Å². The van der Waals surface area contributed by atoms with Crippen LogP contribution >= 0.6 is 27.3 Å². The van der Waals surface area contributed by atoms with Crippen LogP contribution in [-0.2, 0) is 5.60 Å². The molecule has 0 radical (unpaired) electrons. The van der Waals surface area contributed by atoms with Crippen LogP contribution in [0.15, 0.2) is 10.1 Å². The fourth-order valence-electron chi connectivity index (χ4n) is 2.84. The summed E-state index contributed by atoms with van der Waals surface area (Å²) in [5.41, 5.74) is 1.14. The van der Waals surface area contributed by atoms with Gasteiger partial charge in [0.15, 0.2) is 0 Å². The van der Waals surface area contributed by atoms with E-state index < -0.39 is 5.60 Å². The second-order valence-corrected chi connectivity index (χ2v) is 6.16. The van der Waals surface area contributed by atoms with E-state index >= 15 is 0 Å². The van der Waals surface area contributed by atoms with Crippen LogP contribution in [0.3, 0.4) is 0 Å². The molecule has 3 rings (SSSR count). The van der Waals surface area contributed by atoms with Crippen LogP contribution in [-0.4, -0.2) is 22.2 Å². The molecule has 2 unspecified atom stereocenters. The number of hydrogen-bond donors (Lipinski definition) is 2. The summed E-state index contributed by atoms with van der Waals surface area (Å²) in [6, 6.07) is 0.977. The molecule has 15 heavy (non-hydrogen) atoms. The first-order valence-electron chi connectivity index (χ1n) is 5.25. The molecular weight excluding hydrogens is 276 g/mol. The number of thiazole rings is 1. The SMILES string of the molecule is OC1(c2scnc2Br)CC2CCC(C1)N2. The van der Waals surface area contributed by atoms with Gasteiger partial charge in [-0.05, 0) is 41.6 Å². The lowest BCUT2D eigenvalue weighted by Gasteiger charge is -2.36. The number of hydrogen-bond acceptors (Lipinski definition) is 4. The average Bonchev–Trinajstić information content (AvgIpc) is 2.73. The lowest BCUT2D eigenvalue weighted by molar-refractivity contribution is -0.00890. The highest BCUT2D eigenvalue weighted by Gasteiger charge is 2.45. The quantitative estimate of drug-likeness (QED) is 0.831. The molecule has 0 spiro atoms. The molecule has 1 aromatic rings. The maximum absolute atomic E-state index is 10.7. The highest BCUT2D eigenvalue weighted by Crippen LogP contribution is 2.44. The van der Waals surface area contributed by atoms with Gasteiger partial charge in [-0.1, -0.05) is 0 Å². The molecule has 82 valence electrons. The normalized spacial score (nSPS) is 39.6. The second kappa shape index (κ2) is 3.52. The van der Waals surface area contributed by atoms with E-state index in [-0.39, 0.29) is 0 Å². The van der Waals surface area contributed by atoms with Gasteiger partial charge in [-0.15, -0.1) is 11.3 Å². The van der Waals surface area contributed by atoms with Crippen molar-refractivity contribution < 1.29 is 5.11 Å².